The first kappa shape index (κ1) is 11.3. The van der Waals surface area contributed by atoms with Gasteiger partial charge in [-0.3, -0.25) is 4.79 Å². The number of hydrogen-bond donors (Lipinski definition) is 2. The molecule has 1 unspecified atom stereocenters. The Kier molecular flexibility index (Phi) is 3.04. The topological polar surface area (TPSA) is 80.9 Å². The van der Waals surface area contributed by atoms with Crippen LogP contribution in [0.5, 0.6) is 0 Å². The van der Waals surface area contributed by atoms with E-state index >= 15 is 0 Å². The number of benzene rings is 1. The van der Waals surface area contributed by atoms with Crippen LogP contribution in [0, 0.1) is 0 Å². The number of anilines is 1. The second-order valence-corrected chi connectivity index (χ2v) is 4.27. The number of nitrogens with zero attached hydrogens (tertiary/aromatic N) is 2. The highest BCUT2D eigenvalue weighted by Crippen LogP contribution is 2.29. The van der Waals surface area contributed by atoms with E-state index in [1.165, 1.54) is 0 Å². The molecule has 0 aliphatic rings. The lowest BCUT2D eigenvalue weighted by molar-refractivity contribution is -0.117. The van der Waals surface area contributed by atoms with Crippen LogP contribution in [-0.2, 0) is 4.79 Å². The number of carbonyl (C=O) groups is 1. The van der Waals surface area contributed by atoms with Crippen molar-refractivity contribution in [2.75, 3.05) is 5.32 Å². The van der Waals surface area contributed by atoms with Crippen LogP contribution in [0.1, 0.15) is 6.92 Å². The predicted octanol–water partition coefficient (Wildman–Crippen LogP) is 1.63. The molecule has 0 saturated heterocycles. The van der Waals surface area contributed by atoms with E-state index in [1.54, 1.807) is 19.1 Å². The lowest BCUT2D eigenvalue weighted by Crippen LogP contribution is -2.32. The summed E-state index contributed by atoms with van der Waals surface area (Å²) in [6.07, 6.45) is 0. The van der Waals surface area contributed by atoms with Crippen LogP contribution in [0.4, 0.5) is 5.69 Å². The third-order valence-corrected chi connectivity index (χ3v) is 2.90. The summed E-state index contributed by atoms with van der Waals surface area (Å²) in [5.41, 5.74) is 7.22. The van der Waals surface area contributed by atoms with E-state index in [4.69, 9.17) is 17.3 Å². The summed E-state index contributed by atoms with van der Waals surface area (Å²) in [5.74, 6) is -0.303. The van der Waals surface area contributed by atoms with Gasteiger partial charge in [0.05, 0.1) is 28.5 Å². The molecule has 0 spiro atoms. The Morgan fingerprint density at radius 1 is 1.56 bits per heavy atom. The molecule has 0 aliphatic heterocycles. The normalized spacial score (nSPS) is 12.7. The van der Waals surface area contributed by atoms with Crippen molar-refractivity contribution in [3.8, 4) is 0 Å². The smallest absolute Gasteiger partial charge is 0.241 e. The molecule has 0 fully saturated rings. The highest BCUT2D eigenvalue weighted by molar-refractivity contribution is 7.00. The van der Waals surface area contributed by atoms with Gasteiger partial charge in [0.25, 0.3) is 0 Å². The maximum absolute atomic E-state index is 11.5. The number of nitrogens with two attached hydrogens (primary N) is 1. The summed E-state index contributed by atoms with van der Waals surface area (Å²) in [7, 11) is 0. The van der Waals surface area contributed by atoms with E-state index in [0.717, 1.165) is 11.7 Å². The standard InChI is InChI=1S/C9H9ClN4OS/c1-4(11)9(15)12-7-5(10)2-3-6-8(7)14-16-13-6/h2-4H,11H2,1H3,(H,12,15). The van der Waals surface area contributed by atoms with Gasteiger partial charge in [-0.25, -0.2) is 0 Å². The van der Waals surface area contributed by atoms with Gasteiger partial charge in [0.1, 0.15) is 11.0 Å². The fraction of sp³-hybridized carbons (Fsp3) is 0.222. The molecular formula is C9H9ClN4OS. The van der Waals surface area contributed by atoms with Crippen LogP contribution in [0.3, 0.4) is 0 Å². The Morgan fingerprint density at radius 3 is 3.00 bits per heavy atom. The SMILES string of the molecule is CC(N)C(=O)Nc1c(Cl)ccc2nsnc12. The number of aromatic nitrogens is 2. The summed E-state index contributed by atoms with van der Waals surface area (Å²) < 4.78 is 8.14. The first-order chi connectivity index (χ1) is 7.59. The molecule has 1 amide bonds. The van der Waals surface area contributed by atoms with Crippen molar-refractivity contribution < 1.29 is 4.79 Å². The first-order valence-electron chi connectivity index (χ1n) is 4.57. The number of fused-ring (bicyclic) bond motifs is 1. The van der Waals surface area contributed by atoms with Gasteiger partial charge in [0.2, 0.25) is 5.91 Å². The minimum Gasteiger partial charge on any atom is -0.322 e. The number of halogens is 1. The second-order valence-electron chi connectivity index (χ2n) is 3.33. The van der Waals surface area contributed by atoms with Crippen LogP contribution < -0.4 is 11.1 Å². The molecule has 1 aromatic carbocycles. The molecule has 1 aromatic heterocycles. The molecule has 7 heteroatoms. The van der Waals surface area contributed by atoms with Gasteiger partial charge in [0.15, 0.2) is 0 Å². The first-order valence-corrected chi connectivity index (χ1v) is 5.67. The fourth-order valence-electron chi connectivity index (χ4n) is 1.18. The van der Waals surface area contributed by atoms with Crippen molar-refractivity contribution in [1.29, 1.82) is 0 Å². The van der Waals surface area contributed by atoms with Gasteiger partial charge < -0.3 is 11.1 Å². The van der Waals surface area contributed by atoms with Gasteiger partial charge in [-0.05, 0) is 19.1 Å². The Bertz CT molecular complexity index is 539. The highest BCUT2D eigenvalue weighted by atomic mass is 35.5. The molecule has 3 N–H and O–H groups in total. The van der Waals surface area contributed by atoms with Crippen molar-refractivity contribution in [2.24, 2.45) is 5.73 Å². The molecule has 5 nitrogen and oxygen atoms in total. The van der Waals surface area contributed by atoms with E-state index in [0.29, 0.717) is 21.7 Å². The lowest BCUT2D eigenvalue weighted by atomic mass is 10.2. The minimum atomic E-state index is -0.599. The van der Waals surface area contributed by atoms with Gasteiger partial charge in [0, 0.05) is 0 Å². The number of nitrogens with one attached hydrogen (secondary N) is 1. The van der Waals surface area contributed by atoms with E-state index in [2.05, 4.69) is 14.1 Å². The summed E-state index contributed by atoms with van der Waals surface area (Å²) in [6.45, 7) is 1.60. The summed E-state index contributed by atoms with van der Waals surface area (Å²) >= 11 is 7.06. The Labute approximate surface area is 101 Å². The Balaban J connectivity index is 2.46. The molecule has 2 aromatic rings. The predicted molar refractivity (Wildman–Crippen MR) is 64.7 cm³/mol. The monoisotopic (exact) mass is 256 g/mol. The molecule has 84 valence electrons. The highest BCUT2D eigenvalue weighted by Gasteiger charge is 2.14. The summed E-state index contributed by atoms with van der Waals surface area (Å²) in [6, 6.07) is 2.82. The Morgan fingerprint density at radius 2 is 2.31 bits per heavy atom. The van der Waals surface area contributed by atoms with Crippen LogP contribution >= 0.6 is 23.3 Å². The molecule has 1 heterocycles. The zero-order valence-corrected chi connectivity index (χ0v) is 9.97. The van der Waals surface area contributed by atoms with Crippen molar-refractivity contribution in [3.05, 3.63) is 17.2 Å². The minimum absolute atomic E-state index is 0.303. The third-order valence-electron chi connectivity index (χ3n) is 2.04. The zero-order valence-electron chi connectivity index (χ0n) is 8.40. The van der Waals surface area contributed by atoms with Gasteiger partial charge in [-0.15, -0.1) is 0 Å². The van der Waals surface area contributed by atoms with Crippen LogP contribution in [0.2, 0.25) is 5.02 Å². The molecular weight excluding hydrogens is 248 g/mol. The molecule has 0 radical (unpaired) electrons. The van der Waals surface area contributed by atoms with Gasteiger partial charge >= 0.3 is 0 Å². The molecule has 0 aliphatic carbocycles. The average Bonchev–Trinajstić information content (AvgIpc) is 2.70. The number of rotatable bonds is 2. The maximum Gasteiger partial charge on any atom is 0.241 e. The average molecular weight is 257 g/mol. The van der Waals surface area contributed by atoms with Crippen molar-refractivity contribution in [1.82, 2.24) is 8.75 Å². The van der Waals surface area contributed by atoms with E-state index in [-0.39, 0.29) is 5.91 Å². The molecule has 0 bridgehead atoms. The van der Waals surface area contributed by atoms with Crippen molar-refractivity contribution in [2.45, 2.75) is 13.0 Å². The summed E-state index contributed by atoms with van der Waals surface area (Å²) in [5, 5.41) is 3.07. The van der Waals surface area contributed by atoms with Crippen LogP contribution in [0.25, 0.3) is 11.0 Å². The van der Waals surface area contributed by atoms with Crippen LogP contribution in [-0.4, -0.2) is 20.7 Å². The number of amides is 1. The fourth-order valence-corrected chi connectivity index (χ4v) is 1.93. The van der Waals surface area contributed by atoms with Crippen molar-refractivity contribution in [3.63, 3.8) is 0 Å². The molecule has 16 heavy (non-hydrogen) atoms. The van der Waals surface area contributed by atoms with Gasteiger partial charge in [-0.2, -0.15) is 8.75 Å². The summed E-state index contributed by atoms with van der Waals surface area (Å²) in [4.78, 5) is 11.5. The Hall–Kier alpha value is -1.24. The van der Waals surface area contributed by atoms with Crippen LogP contribution in [0.15, 0.2) is 12.1 Å². The zero-order chi connectivity index (χ0) is 11.7. The lowest BCUT2D eigenvalue weighted by Gasteiger charge is -2.09. The quantitative estimate of drug-likeness (QED) is 0.856. The van der Waals surface area contributed by atoms with E-state index < -0.39 is 6.04 Å². The third kappa shape index (κ3) is 1.99. The second kappa shape index (κ2) is 4.32. The largest absolute Gasteiger partial charge is 0.322 e. The molecule has 1 atom stereocenters. The van der Waals surface area contributed by atoms with Crippen molar-refractivity contribution >= 4 is 46.0 Å². The number of carbonyl (C=O) groups excluding carboxylic acids is 1. The van der Waals surface area contributed by atoms with E-state index in [1.807, 2.05) is 0 Å². The van der Waals surface area contributed by atoms with E-state index in [9.17, 15) is 4.79 Å². The number of hydrogen-bond acceptors (Lipinski definition) is 5. The molecule has 0 saturated carbocycles. The molecule has 2 rings (SSSR count). The van der Waals surface area contributed by atoms with Gasteiger partial charge in [-0.1, -0.05) is 11.6 Å². The maximum atomic E-state index is 11.5.